The Morgan fingerprint density at radius 2 is 1.59 bits per heavy atom. The molecule has 1 aliphatic heterocycles. The Kier molecular flexibility index (Phi) is 8.88. The highest BCUT2D eigenvalue weighted by Gasteiger charge is 2.45. The molecular formula is C33H32BrNO6. The van der Waals surface area contributed by atoms with Gasteiger partial charge in [-0.05, 0) is 54.7 Å². The van der Waals surface area contributed by atoms with Crippen molar-refractivity contribution in [3.63, 3.8) is 0 Å². The summed E-state index contributed by atoms with van der Waals surface area (Å²) in [6, 6.07) is 23.0. The predicted octanol–water partition coefficient (Wildman–Crippen LogP) is 6.66. The number of halogens is 1. The molecule has 0 saturated heterocycles. The van der Waals surface area contributed by atoms with Crippen molar-refractivity contribution in [3.8, 4) is 17.2 Å². The van der Waals surface area contributed by atoms with Crippen LogP contribution < -0.4 is 14.2 Å². The van der Waals surface area contributed by atoms with Gasteiger partial charge in [0.1, 0.15) is 24.9 Å². The average molecular weight is 619 g/mol. The minimum atomic E-state index is -0.794. The Labute approximate surface area is 248 Å². The second kappa shape index (κ2) is 12.7. The van der Waals surface area contributed by atoms with Crippen molar-refractivity contribution in [2.75, 3.05) is 27.4 Å². The number of nitrogens with zero attached hydrogens (tertiary/aromatic N) is 1. The Morgan fingerprint density at radius 1 is 0.927 bits per heavy atom. The van der Waals surface area contributed by atoms with Crippen molar-refractivity contribution in [1.29, 1.82) is 0 Å². The molecule has 8 heteroatoms. The minimum absolute atomic E-state index is 0.0201. The topological polar surface area (TPSA) is 83.4 Å². The summed E-state index contributed by atoms with van der Waals surface area (Å²) >= 11 is 3.68. The van der Waals surface area contributed by atoms with Crippen molar-refractivity contribution in [2.24, 2.45) is 10.9 Å². The van der Waals surface area contributed by atoms with Gasteiger partial charge in [0.05, 0.1) is 14.2 Å². The van der Waals surface area contributed by atoms with Crippen LogP contribution in [0.25, 0.3) is 0 Å². The van der Waals surface area contributed by atoms with E-state index in [1.807, 2.05) is 73.7 Å². The number of methoxy groups -OCH3 is 2. The number of esters is 1. The fourth-order valence-corrected chi connectivity index (χ4v) is 6.25. The summed E-state index contributed by atoms with van der Waals surface area (Å²) in [4.78, 5) is 32.5. The molecular weight excluding hydrogens is 586 g/mol. The molecule has 5 rings (SSSR count). The van der Waals surface area contributed by atoms with Gasteiger partial charge in [-0.1, -0.05) is 64.5 Å². The molecule has 1 heterocycles. The van der Waals surface area contributed by atoms with E-state index in [1.54, 1.807) is 20.3 Å². The lowest BCUT2D eigenvalue weighted by Crippen LogP contribution is -2.38. The third kappa shape index (κ3) is 6.07. The van der Waals surface area contributed by atoms with E-state index in [9.17, 15) is 9.59 Å². The first-order valence-electron chi connectivity index (χ1n) is 13.5. The van der Waals surface area contributed by atoms with Crippen molar-refractivity contribution < 1.29 is 28.5 Å². The van der Waals surface area contributed by atoms with Gasteiger partial charge in [0.15, 0.2) is 17.3 Å². The first-order chi connectivity index (χ1) is 19.9. The Bertz CT molecular complexity index is 1480. The Balaban J connectivity index is 1.49. The van der Waals surface area contributed by atoms with Gasteiger partial charge in [0, 0.05) is 33.8 Å². The zero-order valence-corrected chi connectivity index (χ0v) is 24.8. The minimum Gasteiger partial charge on any atom is -0.493 e. The van der Waals surface area contributed by atoms with Crippen LogP contribution in [0, 0.1) is 5.92 Å². The van der Waals surface area contributed by atoms with Gasteiger partial charge in [-0.25, -0.2) is 0 Å². The van der Waals surface area contributed by atoms with Crippen molar-refractivity contribution in [2.45, 2.75) is 31.6 Å². The molecule has 212 valence electrons. The summed E-state index contributed by atoms with van der Waals surface area (Å²) in [5, 5.41) is 0. The maximum atomic E-state index is 13.9. The van der Waals surface area contributed by atoms with Gasteiger partial charge in [-0.15, -0.1) is 0 Å². The molecule has 3 aromatic carbocycles. The Hall–Kier alpha value is -3.91. The summed E-state index contributed by atoms with van der Waals surface area (Å²) < 4.78 is 23.2. The van der Waals surface area contributed by atoms with Gasteiger partial charge in [-0.2, -0.15) is 0 Å². The molecule has 7 nitrogen and oxygen atoms in total. The van der Waals surface area contributed by atoms with Crippen molar-refractivity contribution >= 4 is 33.4 Å². The number of allylic oxidation sites excluding steroid dienone is 2. The molecule has 0 N–H and O–H groups in total. The van der Waals surface area contributed by atoms with Gasteiger partial charge in [-0.3, -0.25) is 14.6 Å². The van der Waals surface area contributed by atoms with E-state index in [-0.39, 0.29) is 24.9 Å². The largest absolute Gasteiger partial charge is 0.493 e. The molecule has 0 aromatic heterocycles. The number of Topliss-reactive ketones (excluding diaryl/α,β-unsaturated/α-hetero) is 1. The van der Waals surface area contributed by atoms with Crippen LogP contribution in [0.5, 0.6) is 17.2 Å². The predicted molar refractivity (Wildman–Crippen MR) is 160 cm³/mol. The number of benzene rings is 3. The number of para-hydroxylation sites is 1. The molecule has 41 heavy (non-hydrogen) atoms. The SMILES string of the molecule is COc1cc(Br)c([C@@H]2C3=C(C[C@H](c4ccccc4)CC3=O)N=C(C)C2C(=O)OCCOc2ccccc2)cc1OC. The number of ether oxygens (including phenoxy) is 4. The zero-order valence-electron chi connectivity index (χ0n) is 23.3. The van der Waals surface area contributed by atoms with Crippen LogP contribution in [0.3, 0.4) is 0 Å². The number of rotatable bonds is 9. The van der Waals surface area contributed by atoms with Crippen LogP contribution in [0.4, 0.5) is 0 Å². The molecule has 3 atom stereocenters. The molecule has 1 aliphatic carbocycles. The summed E-state index contributed by atoms with van der Waals surface area (Å²) in [6.07, 6.45) is 0.946. The average Bonchev–Trinajstić information content (AvgIpc) is 2.99. The van der Waals surface area contributed by atoms with Crippen LogP contribution in [-0.4, -0.2) is 44.9 Å². The summed E-state index contributed by atoms with van der Waals surface area (Å²) in [5.41, 5.74) is 3.71. The zero-order chi connectivity index (χ0) is 28.9. The third-order valence-corrected chi connectivity index (χ3v) is 8.28. The van der Waals surface area contributed by atoms with Crippen LogP contribution in [0.15, 0.2) is 93.5 Å². The first kappa shape index (κ1) is 28.6. The van der Waals surface area contributed by atoms with Gasteiger partial charge < -0.3 is 18.9 Å². The lowest BCUT2D eigenvalue weighted by molar-refractivity contribution is -0.147. The number of hydrogen-bond acceptors (Lipinski definition) is 7. The highest BCUT2D eigenvalue weighted by molar-refractivity contribution is 9.10. The third-order valence-electron chi connectivity index (χ3n) is 7.59. The monoisotopic (exact) mass is 617 g/mol. The van der Waals surface area contributed by atoms with E-state index in [0.29, 0.717) is 45.8 Å². The number of hydrogen-bond donors (Lipinski definition) is 0. The van der Waals surface area contributed by atoms with Crippen LogP contribution in [-0.2, 0) is 14.3 Å². The fourth-order valence-electron chi connectivity index (χ4n) is 5.68. The molecule has 0 amide bonds. The maximum absolute atomic E-state index is 13.9. The van der Waals surface area contributed by atoms with E-state index in [4.69, 9.17) is 23.9 Å². The van der Waals surface area contributed by atoms with Gasteiger partial charge >= 0.3 is 5.97 Å². The normalized spacial score (nSPS) is 20.1. The van der Waals surface area contributed by atoms with E-state index >= 15 is 0 Å². The first-order valence-corrected chi connectivity index (χ1v) is 14.3. The molecule has 0 fully saturated rings. The lowest BCUT2D eigenvalue weighted by atomic mass is 9.69. The highest BCUT2D eigenvalue weighted by Crippen LogP contribution is 2.49. The fraction of sp³-hybridized carbons (Fsp3) is 0.303. The second-order valence-corrected chi connectivity index (χ2v) is 10.9. The molecule has 0 spiro atoms. The van der Waals surface area contributed by atoms with Crippen LogP contribution in [0.2, 0.25) is 0 Å². The summed E-state index contributed by atoms with van der Waals surface area (Å²) in [5.74, 6) is -0.127. The van der Waals surface area contributed by atoms with Crippen molar-refractivity contribution in [1.82, 2.24) is 0 Å². The number of aliphatic imine (C=N–C) groups is 1. The van der Waals surface area contributed by atoms with Gasteiger partial charge in [0.2, 0.25) is 0 Å². The molecule has 0 saturated carbocycles. The molecule has 0 bridgehead atoms. The van der Waals surface area contributed by atoms with Crippen LogP contribution in [0.1, 0.15) is 42.7 Å². The standard InChI is InChI=1S/C33H32BrNO6/c1-20-30(33(37)41-15-14-40-23-12-8-5-9-13-23)31(24-18-28(38-2)29(39-3)19-25(24)34)32-26(35-20)16-22(17-27(32)36)21-10-6-4-7-11-21/h4-13,18-19,22,30-31H,14-17H2,1-3H3/t22-,30?,31-/m0/s1. The highest BCUT2D eigenvalue weighted by atomic mass is 79.9. The maximum Gasteiger partial charge on any atom is 0.315 e. The van der Waals surface area contributed by atoms with E-state index < -0.39 is 17.8 Å². The number of carbonyl (C=O) groups excluding carboxylic acids is 2. The number of ketones is 1. The quantitative estimate of drug-likeness (QED) is 0.197. The molecule has 0 radical (unpaired) electrons. The van der Waals surface area contributed by atoms with Gasteiger partial charge in [0.25, 0.3) is 0 Å². The van der Waals surface area contributed by atoms with Crippen molar-refractivity contribution in [3.05, 3.63) is 99.7 Å². The molecule has 3 aromatic rings. The molecule has 1 unspecified atom stereocenters. The van der Waals surface area contributed by atoms with Crippen LogP contribution >= 0.6 is 15.9 Å². The van der Waals surface area contributed by atoms with E-state index in [0.717, 1.165) is 16.8 Å². The smallest absolute Gasteiger partial charge is 0.315 e. The summed E-state index contributed by atoms with van der Waals surface area (Å²) in [6.45, 7) is 2.09. The lowest BCUT2D eigenvalue weighted by Gasteiger charge is -2.37. The number of carbonyl (C=O) groups is 2. The molecule has 2 aliphatic rings. The Morgan fingerprint density at radius 3 is 2.27 bits per heavy atom. The second-order valence-electron chi connectivity index (χ2n) is 10.1. The van der Waals surface area contributed by atoms with E-state index in [1.165, 1.54) is 0 Å². The summed E-state index contributed by atoms with van der Waals surface area (Å²) in [7, 11) is 3.12. The van der Waals surface area contributed by atoms with E-state index in [2.05, 4.69) is 15.9 Å².